The molecule has 0 bridgehead atoms. The molecule has 23 heavy (non-hydrogen) atoms. The number of carbonyl (C=O) groups is 1. The lowest BCUT2D eigenvalue weighted by Crippen LogP contribution is -2.26. The number of amides is 1. The summed E-state index contributed by atoms with van der Waals surface area (Å²) < 4.78 is 25.1. The molecule has 0 spiro atoms. The van der Waals surface area contributed by atoms with Crippen LogP contribution in [0.25, 0.3) is 0 Å². The van der Waals surface area contributed by atoms with Crippen LogP contribution in [-0.2, 0) is 20.4 Å². The molecule has 0 fully saturated rings. The van der Waals surface area contributed by atoms with Crippen molar-refractivity contribution in [2.75, 3.05) is 14.2 Å². The zero-order valence-electron chi connectivity index (χ0n) is 13.3. The fourth-order valence-electron chi connectivity index (χ4n) is 2.14. The number of benzene rings is 2. The average molecular weight is 333 g/mol. The number of hydroxylamine groups is 2. The highest BCUT2D eigenvalue weighted by Gasteiger charge is 2.21. The van der Waals surface area contributed by atoms with Gasteiger partial charge in [0.25, 0.3) is 5.91 Å². The molecule has 2 rings (SSSR count). The summed E-state index contributed by atoms with van der Waals surface area (Å²) >= 11 is 0. The molecule has 2 aromatic carbocycles. The molecule has 122 valence electrons. The Hall–Kier alpha value is -2.18. The van der Waals surface area contributed by atoms with Crippen LogP contribution in [0.2, 0.25) is 0 Å². The molecule has 6 heteroatoms. The van der Waals surface area contributed by atoms with Gasteiger partial charge in [-0.3, -0.25) is 9.63 Å². The third-order valence-corrected chi connectivity index (χ3v) is 5.21. The fourth-order valence-corrected chi connectivity index (χ4v) is 3.52. The van der Waals surface area contributed by atoms with Gasteiger partial charge in [0.2, 0.25) is 0 Å². The highest BCUT2D eigenvalue weighted by atomic mass is 32.2. The second kappa shape index (κ2) is 6.93. The fraction of sp³-hybridized carbons (Fsp3) is 0.235. The van der Waals surface area contributed by atoms with E-state index in [-0.39, 0.29) is 16.6 Å². The lowest BCUT2D eigenvalue weighted by molar-refractivity contribution is -0.0757. The number of hydrogen-bond donors (Lipinski definition) is 0. The molecule has 0 aliphatic carbocycles. The van der Waals surface area contributed by atoms with Gasteiger partial charge in [0.15, 0.2) is 9.84 Å². The number of rotatable bonds is 5. The van der Waals surface area contributed by atoms with Gasteiger partial charge in [0.1, 0.15) is 0 Å². The predicted molar refractivity (Wildman–Crippen MR) is 87.6 cm³/mol. The quantitative estimate of drug-likeness (QED) is 0.789. The smallest absolute Gasteiger partial charge is 0.274 e. The first kappa shape index (κ1) is 17.2. The molecule has 0 aromatic heterocycles. The van der Waals surface area contributed by atoms with Gasteiger partial charge in [-0.2, -0.15) is 0 Å². The molecule has 0 saturated heterocycles. The minimum Gasteiger partial charge on any atom is -0.274 e. The predicted octanol–water partition coefficient (Wildman–Crippen LogP) is 2.60. The molecule has 0 radical (unpaired) electrons. The topological polar surface area (TPSA) is 63.7 Å². The van der Waals surface area contributed by atoms with Crippen molar-refractivity contribution in [2.24, 2.45) is 0 Å². The first-order valence-electron chi connectivity index (χ1n) is 7.04. The summed E-state index contributed by atoms with van der Waals surface area (Å²) in [7, 11) is -0.672. The minimum absolute atomic E-state index is 0.241. The molecule has 0 atom stereocenters. The molecular formula is C17H19NO4S. The molecule has 0 N–H and O–H groups in total. The Labute approximate surface area is 136 Å². The van der Waals surface area contributed by atoms with E-state index < -0.39 is 9.84 Å². The van der Waals surface area contributed by atoms with Gasteiger partial charge < -0.3 is 0 Å². The van der Waals surface area contributed by atoms with Crippen molar-refractivity contribution in [3.63, 3.8) is 0 Å². The summed E-state index contributed by atoms with van der Waals surface area (Å²) in [4.78, 5) is 17.4. The molecule has 0 aliphatic heterocycles. The second-order valence-corrected chi connectivity index (χ2v) is 7.20. The van der Waals surface area contributed by atoms with E-state index in [0.29, 0.717) is 11.1 Å². The van der Waals surface area contributed by atoms with E-state index >= 15 is 0 Å². The van der Waals surface area contributed by atoms with Gasteiger partial charge in [-0.15, -0.1) is 0 Å². The van der Waals surface area contributed by atoms with Gasteiger partial charge >= 0.3 is 0 Å². The Morgan fingerprint density at radius 3 is 2.30 bits per heavy atom. The average Bonchev–Trinajstić information content (AvgIpc) is 2.54. The van der Waals surface area contributed by atoms with E-state index in [1.807, 2.05) is 6.92 Å². The molecule has 0 heterocycles. The minimum atomic E-state index is -3.53. The van der Waals surface area contributed by atoms with Crippen LogP contribution in [0.3, 0.4) is 0 Å². The third kappa shape index (κ3) is 3.97. The molecule has 2 aromatic rings. The Morgan fingerprint density at radius 2 is 1.70 bits per heavy atom. The molecule has 5 nitrogen and oxygen atoms in total. The molecule has 0 unspecified atom stereocenters. The van der Waals surface area contributed by atoms with Crippen molar-refractivity contribution in [2.45, 2.75) is 17.6 Å². The Balaban J connectivity index is 2.37. The summed E-state index contributed by atoms with van der Waals surface area (Å²) in [6, 6.07) is 13.3. The Bertz CT molecular complexity index is 798. The van der Waals surface area contributed by atoms with Gasteiger partial charge in [0.05, 0.1) is 17.8 Å². The van der Waals surface area contributed by atoms with Gasteiger partial charge in [-0.1, -0.05) is 35.9 Å². The number of sulfone groups is 1. The van der Waals surface area contributed by atoms with Crippen molar-refractivity contribution in [3.8, 4) is 0 Å². The van der Waals surface area contributed by atoms with Gasteiger partial charge in [-0.25, -0.2) is 13.5 Å². The van der Waals surface area contributed by atoms with Crippen LogP contribution in [0.4, 0.5) is 0 Å². The lowest BCUT2D eigenvalue weighted by Gasteiger charge is -2.16. The van der Waals surface area contributed by atoms with Crippen molar-refractivity contribution < 1.29 is 18.0 Å². The van der Waals surface area contributed by atoms with E-state index in [4.69, 9.17) is 4.84 Å². The first-order chi connectivity index (χ1) is 10.8. The van der Waals surface area contributed by atoms with Crippen molar-refractivity contribution in [1.82, 2.24) is 5.06 Å². The molecular weight excluding hydrogens is 314 g/mol. The maximum Gasteiger partial charge on any atom is 0.277 e. The lowest BCUT2D eigenvalue weighted by atomic mass is 10.1. The van der Waals surface area contributed by atoms with Crippen LogP contribution >= 0.6 is 0 Å². The normalized spacial score (nSPS) is 11.3. The van der Waals surface area contributed by atoms with Crippen molar-refractivity contribution in [1.29, 1.82) is 0 Å². The van der Waals surface area contributed by atoms with E-state index in [9.17, 15) is 13.2 Å². The van der Waals surface area contributed by atoms with E-state index in [1.54, 1.807) is 48.5 Å². The summed E-state index contributed by atoms with van der Waals surface area (Å²) in [5.74, 6) is -0.627. The number of nitrogens with zero attached hydrogens (tertiary/aromatic N) is 1. The molecule has 1 amide bonds. The highest BCUT2D eigenvalue weighted by Crippen LogP contribution is 2.20. The summed E-state index contributed by atoms with van der Waals surface area (Å²) in [6.07, 6.45) is 0. The highest BCUT2D eigenvalue weighted by molar-refractivity contribution is 7.90. The molecule has 0 aliphatic rings. The Kier molecular flexibility index (Phi) is 5.18. The first-order valence-corrected chi connectivity index (χ1v) is 8.70. The van der Waals surface area contributed by atoms with Gasteiger partial charge in [-0.05, 0) is 30.7 Å². The van der Waals surface area contributed by atoms with Crippen LogP contribution < -0.4 is 0 Å². The van der Waals surface area contributed by atoms with Crippen LogP contribution in [0.5, 0.6) is 0 Å². The van der Waals surface area contributed by atoms with Crippen LogP contribution in [0.15, 0.2) is 53.4 Å². The van der Waals surface area contributed by atoms with Crippen LogP contribution in [-0.4, -0.2) is 33.5 Å². The SMILES string of the molecule is CON(C)C(=O)c1ccccc1CS(=O)(=O)c1ccc(C)cc1. The number of aryl methyl sites for hydroxylation is 1. The molecule has 0 saturated carbocycles. The van der Waals surface area contributed by atoms with Crippen molar-refractivity contribution in [3.05, 3.63) is 65.2 Å². The van der Waals surface area contributed by atoms with E-state index in [1.165, 1.54) is 14.2 Å². The second-order valence-electron chi connectivity index (χ2n) is 5.21. The zero-order chi connectivity index (χ0) is 17.0. The Morgan fingerprint density at radius 1 is 1.09 bits per heavy atom. The zero-order valence-corrected chi connectivity index (χ0v) is 14.1. The number of carbonyl (C=O) groups excluding carboxylic acids is 1. The largest absolute Gasteiger partial charge is 0.277 e. The standard InChI is InChI=1S/C17H19NO4S/c1-13-8-10-15(11-9-13)23(20,21)12-14-6-4-5-7-16(14)17(19)18(2)22-3/h4-11H,12H2,1-3H3. The van der Waals surface area contributed by atoms with E-state index in [2.05, 4.69) is 0 Å². The van der Waals surface area contributed by atoms with Crippen LogP contribution in [0.1, 0.15) is 21.5 Å². The third-order valence-electron chi connectivity index (χ3n) is 3.53. The van der Waals surface area contributed by atoms with Crippen molar-refractivity contribution >= 4 is 15.7 Å². The monoisotopic (exact) mass is 333 g/mol. The maximum absolute atomic E-state index is 12.6. The van der Waals surface area contributed by atoms with Crippen LogP contribution in [0, 0.1) is 6.92 Å². The maximum atomic E-state index is 12.6. The number of hydrogen-bond acceptors (Lipinski definition) is 4. The summed E-state index contributed by atoms with van der Waals surface area (Å²) in [5.41, 5.74) is 1.75. The summed E-state index contributed by atoms with van der Waals surface area (Å²) in [6.45, 7) is 1.89. The summed E-state index contributed by atoms with van der Waals surface area (Å²) in [5, 5.41) is 1.07. The van der Waals surface area contributed by atoms with Gasteiger partial charge in [0, 0.05) is 12.6 Å². The van der Waals surface area contributed by atoms with E-state index in [0.717, 1.165) is 10.6 Å².